The second-order valence-corrected chi connectivity index (χ2v) is 8.29. The van der Waals surface area contributed by atoms with Crippen molar-refractivity contribution >= 4 is 28.0 Å². The summed E-state index contributed by atoms with van der Waals surface area (Å²) in [6, 6.07) is 6.45. The molecule has 0 radical (unpaired) electrons. The molecule has 1 N–H and O–H groups in total. The van der Waals surface area contributed by atoms with E-state index in [0.29, 0.717) is 18.7 Å². The van der Waals surface area contributed by atoms with Gasteiger partial charge in [-0.15, -0.1) is 0 Å². The Bertz CT molecular complexity index is 794. The second kappa shape index (κ2) is 9.14. The van der Waals surface area contributed by atoms with Crippen LogP contribution in [-0.2, 0) is 24.3 Å². The number of amides is 1. The number of carbonyl (C=O) groups is 2. The lowest BCUT2D eigenvalue weighted by atomic mass is 10.2. The molecule has 8 heteroatoms. The highest BCUT2D eigenvalue weighted by Crippen LogP contribution is 2.19. The zero-order valence-corrected chi connectivity index (χ0v) is 16.7. The molecule has 1 aliphatic rings. The SMILES string of the molecule is CCN(CC)S(=O)(=O)c1ccc(/C=C/C(=O)O[C@H](C)C(=O)NC2CC2)cc1. The molecule has 27 heavy (non-hydrogen) atoms. The lowest BCUT2D eigenvalue weighted by molar-refractivity contribution is -0.150. The Hall–Kier alpha value is -2.19. The van der Waals surface area contributed by atoms with Gasteiger partial charge in [-0.05, 0) is 43.5 Å². The average molecular weight is 394 g/mol. The number of nitrogens with zero attached hydrogens (tertiary/aromatic N) is 1. The molecule has 0 unspecified atom stereocenters. The summed E-state index contributed by atoms with van der Waals surface area (Å²) in [6.07, 6.45) is 3.80. The van der Waals surface area contributed by atoms with Gasteiger partial charge in [0, 0.05) is 25.2 Å². The minimum atomic E-state index is -3.51. The smallest absolute Gasteiger partial charge is 0.331 e. The van der Waals surface area contributed by atoms with E-state index in [2.05, 4.69) is 5.32 Å². The maximum atomic E-state index is 12.4. The number of rotatable bonds is 9. The van der Waals surface area contributed by atoms with Gasteiger partial charge in [-0.3, -0.25) is 4.79 Å². The van der Waals surface area contributed by atoms with E-state index in [0.717, 1.165) is 12.8 Å². The first-order valence-electron chi connectivity index (χ1n) is 9.07. The van der Waals surface area contributed by atoms with Crippen LogP contribution in [0.15, 0.2) is 35.2 Å². The topological polar surface area (TPSA) is 92.8 Å². The van der Waals surface area contributed by atoms with Crippen LogP contribution in [0.4, 0.5) is 0 Å². The highest BCUT2D eigenvalue weighted by Gasteiger charge is 2.26. The highest BCUT2D eigenvalue weighted by molar-refractivity contribution is 7.89. The number of benzene rings is 1. The quantitative estimate of drug-likeness (QED) is 0.510. The minimum Gasteiger partial charge on any atom is -0.449 e. The van der Waals surface area contributed by atoms with E-state index in [9.17, 15) is 18.0 Å². The van der Waals surface area contributed by atoms with Crippen molar-refractivity contribution in [1.82, 2.24) is 9.62 Å². The summed E-state index contributed by atoms with van der Waals surface area (Å²) in [5.41, 5.74) is 0.653. The van der Waals surface area contributed by atoms with Gasteiger partial charge >= 0.3 is 5.97 Å². The van der Waals surface area contributed by atoms with E-state index in [1.165, 1.54) is 35.5 Å². The summed E-state index contributed by atoms with van der Waals surface area (Å²) < 4.78 is 31.3. The number of hydrogen-bond donors (Lipinski definition) is 1. The molecular formula is C19H26N2O5S. The van der Waals surface area contributed by atoms with Gasteiger partial charge in [0.15, 0.2) is 6.10 Å². The van der Waals surface area contributed by atoms with Crippen molar-refractivity contribution in [3.8, 4) is 0 Å². The van der Waals surface area contributed by atoms with Gasteiger partial charge in [-0.25, -0.2) is 13.2 Å². The Kier molecular flexibility index (Phi) is 7.15. The van der Waals surface area contributed by atoms with E-state index < -0.39 is 22.1 Å². The molecule has 1 fully saturated rings. The predicted molar refractivity (Wildman–Crippen MR) is 102 cm³/mol. The molecule has 0 heterocycles. The molecule has 1 amide bonds. The van der Waals surface area contributed by atoms with E-state index in [1.807, 2.05) is 0 Å². The van der Waals surface area contributed by atoms with Crippen molar-refractivity contribution in [3.05, 3.63) is 35.9 Å². The molecule has 2 rings (SSSR count). The number of nitrogens with one attached hydrogen (secondary N) is 1. The van der Waals surface area contributed by atoms with Crippen LogP contribution < -0.4 is 5.32 Å². The van der Waals surface area contributed by atoms with Crippen molar-refractivity contribution in [2.24, 2.45) is 0 Å². The van der Waals surface area contributed by atoms with Crippen LogP contribution in [0.5, 0.6) is 0 Å². The first-order chi connectivity index (χ1) is 12.8. The molecule has 0 bridgehead atoms. The van der Waals surface area contributed by atoms with Crippen molar-refractivity contribution in [3.63, 3.8) is 0 Å². The van der Waals surface area contributed by atoms with Crippen molar-refractivity contribution in [2.45, 2.75) is 50.7 Å². The third-order valence-corrected chi connectivity index (χ3v) is 6.29. The molecule has 1 aromatic rings. The number of sulfonamides is 1. The molecule has 1 aliphatic carbocycles. The largest absolute Gasteiger partial charge is 0.449 e. The lowest BCUT2D eigenvalue weighted by Crippen LogP contribution is -2.36. The van der Waals surface area contributed by atoms with E-state index in [4.69, 9.17) is 4.74 Å². The number of ether oxygens (including phenoxy) is 1. The molecule has 1 atom stereocenters. The lowest BCUT2D eigenvalue weighted by Gasteiger charge is -2.18. The maximum Gasteiger partial charge on any atom is 0.331 e. The number of hydrogen-bond acceptors (Lipinski definition) is 5. The molecule has 7 nitrogen and oxygen atoms in total. The van der Waals surface area contributed by atoms with Crippen LogP contribution in [0.1, 0.15) is 39.2 Å². The average Bonchev–Trinajstić information content (AvgIpc) is 3.45. The van der Waals surface area contributed by atoms with Crippen molar-refractivity contribution in [2.75, 3.05) is 13.1 Å². The van der Waals surface area contributed by atoms with Gasteiger partial charge in [0.2, 0.25) is 10.0 Å². The molecule has 0 spiro atoms. The zero-order valence-electron chi connectivity index (χ0n) is 15.8. The van der Waals surface area contributed by atoms with Gasteiger partial charge in [0.05, 0.1) is 4.90 Å². The zero-order chi connectivity index (χ0) is 20.0. The fourth-order valence-corrected chi connectivity index (χ4v) is 3.90. The standard InChI is InChI=1S/C19H26N2O5S/c1-4-21(5-2)27(24,25)17-11-6-15(7-12-17)8-13-18(22)26-14(3)19(23)20-16-9-10-16/h6-8,11-14,16H,4-5,9-10H2,1-3H3,(H,20,23)/b13-8+/t14-/m1/s1. The molecular weight excluding hydrogens is 368 g/mol. The fourth-order valence-electron chi connectivity index (χ4n) is 2.44. The van der Waals surface area contributed by atoms with Gasteiger partial charge in [0.25, 0.3) is 5.91 Å². The summed E-state index contributed by atoms with van der Waals surface area (Å²) in [5, 5.41) is 2.77. The van der Waals surface area contributed by atoms with Crippen LogP contribution >= 0.6 is 0 Å². The summed E-state index contributed by atoms with van der Waals surface area (Å²) >= 11 is 0. The Morgan fingerprint density at radius 3 is 2.33 bits per heavy atom. The van der Waals surface area contributed by atoms with Crippen LogP contribution in [0, 0.1) is 0 Å². The Morgan fingerprint density at radius 1 is 1.22 bits per heavy atom. The first kappa shape index (κ1) is 21.1. The fraction of sp³-hybridized carbons (Fsp3) is 0.474. The van der Waals surface area contributed by atoms with Gasteiger partial charge in [-0.2, -0.15) is 4.31 Å². The number of carbonyl (C=O) groups excluding carboxylic acids is 2. The van der Waals surface area contributed by atoms with Crippen LogP contribution in [0.3, 0.4) is 0 Å². The summed E-state index contributed by atoms with van der Waals surface area (Å²) in [6.45, 7) is 5.90. The first-order valence-corrected chi connectivity index (χ1v) is 10.5. The van der Waals surface area contributed by atoms with E-state index >= 15 is 0 Å². The molecule has 0 aliphatic heterocycles. The summed E-state index contributed by atoms with van der Waals surface area (Å²) in [5.74, 6) is -0.932. The van der Waals surface area contributed by atoms with Gasteiger partial charge < -0.3 is 10.1 Å². The normalized spacial score (nSPS) is 15.7. The highest BCUT2D eigenvalue weighted by atomic mass is 32.2. The van der Waals surface area contributed by atoms with Crippen molar-refractivity contribution < 1.29 is 22.7 Å². The molecule has 148 valence electrons. The third kappa shape index (κ3) is 5.90. The van der Waals surface area contributed by atoms with E-state index in [-0.39, 0.29) is 16.8 Å². The van der Waals surface area contributed by atoms with Crippen LogP contribution in [-0.4, -0.2) is 49.8 Å². The summed E-state index contributed by atoms with van der Waals surface area (Å²) in [4.78, 5) is 23.8. The molecule has 0 saturated heterocycles. The predicted octanol–water partition coefficient (Wildman–Crippen LogP) is 1.94. The molecule has 1 saturated carbocycles. The third-order valence-electron chi connectivity index (χ3n) is 4.22. The maximum absolute atomic E-state index is 12.4. The molecule has 1 aromatic carbocycles. The van der Waals surface area contributed by atoms with Crippen LogP contribution in [0.2, 0.25) is 0 Å². The number of esters is 1. The Balaban J connectivity index is 1.94. The Morgan fingerprint density at radius 2 is 1.81 bits per heavy atom. The second-order valence-electron chi connectivity index (χ2n) is 6.35. The monoisotopic (exact) mass is 394 g/mol. The molecule has 0 aromatic heterocycles. The van der Waals surface area contributed by atoms with E-state index in [1.54, 1.807) is 26.0 Å². The Labute approximate surface area is 160 Å². The summed E-state index contributed by atoms with van der Waals surface area (Å²) in [7, 11) is -3.51. The van der Waals surface area contributed by atoms with Gasteiger partial charge in [0.1, 0.15) is 0 Å². The van der Waals surface area contributed by atoms with Crippen molar-refractivity contribution in [1.29, 1.82) is 0 Å². The minimum absolute atomic E-state index is 0.205. The van der Waals surface area contributed by atoms with Crippen LogP contribution in [0.25, 0.3) is 6.08 Å². The van der Waals surface area contributed by atoms with Gasteiger partial charge in [-0.1, -0.05) is 26.0 Å².